The van der Waals surface area contributed by atoms with Crippen LogP contribution in [0.25, 0.3) is 10.9 Å². The highest BCUT2D eigenvalue weighted by Gasteiger charge is 2.22. The Morgan fingerprint density at radius 2 is 2.10 bits per heavy atom. The number of esters is 1. The molecule has 0 saturated carbocycles. The van der Waals surface area contributed by atoms with E-state index in [4.69, 9.17) is 21.7 Å². The Kier molecular flexibility index (Phi) is 9.43. The summed E-state index contributed by atoms with van der Waals surface area (Å²) in [6.45, 7) is 1.38. The Morgan fingerprint density at radius 3 is 2.79 bits per heavy atom. The van der Waals surface area contributed by atoms with E-state index in [1.807, 2.05) is 35.4 Å². The second kappa shape index (κ2) is 11.8. The van der Waals surface area contributed by atoms with Crippen LogP contribution in [0, 0.1) is 0 Å². The molecule has 0 aliphatic carbocycles. The lowest BCUT2D eigenvalue weighted by Gasteiger charge is -2.28. The van der Waals surface area contributed by atoms with E-state index in [1.54, 1.807) is 24.9 Å². The number of carbonyl (C=O) groups is 1. The van der Waals surface area contributed by atoms with Crippen LogP contribution in [0.15, 0.2) is 35.1 Å². The number of thioether (sulfide) groups is 1. The minimum Gasteiger partial charge on any atom is -0.467 e. The lowest BCUT2D eigenvalue weighted by Crippen LogP contribution is -2.49. The van der Waals surface area contributed by atoms with Gasteiger partial charge in [-0.2, -0.15) is 11.8 Å². The Balaban J connectivity index is 2.25. The maximum Gasteiger partial charge on any atom is 0.328 e. The molecule has 9 heteroatoms. The number of rotatable bonds is 10. The predicted molar refractivity (Wildman–Crippen MR) is 121 cm³/mol. The van der Waals surface area contributed by atoms with E-state index in [0.29, 0.717) is 31.2 Å². The maximum atomic E-state index is 12.1. The van der Waals surface area contributed by atoms with Crippen molar-refractivity contribution in [1.82, 2.24) is 15.2 Å². The highest BCUT2D eigenvalue weighted by atomic mass is 32.2. The zero-order chi connectivity index (χ0) is 21.2. The smallest absolute Gasteiger partial charge is 0.328 e. The van der Waals surface area contributed by atoms with Crippen LogP contribution >= 0.6 is 24.0 Å². The third-order valence-corrected chi connectivity index (χ3v) is 5.46. The summed E-state index contributed by atoms with van der Waals surface area (Å²) >= 11 is 7.25. The normalized spacial score (nSPS) is 11.8. The number of nitrogens with zero attached hydrogens (tertiary/aromatic N) is 1. The number of thiocarbonyl (C=S) groups is 1. The number of fused-ring (bicyclic) bond motifs is 1. The maximum absolute atomic E-state index is 12.1. The van der Waals surface area contributed by atoms with Crippen LogP contribution in [0.3, 0.4) is 0 Å². The van der Waals surface area contributed by atoms with Crippen molar-refractivity contribution >= 4 is 46.0 Å². The first-order chi connectivity index (χ1) is 14.0. The molecule has 7 nitrogen and oxygen atoms in total. The summed E-state index contributed by atoms with van der Waals surface area (Å²) in [5.74, 6) is 0.446. The number of methoxy groups -OCH3 is 2. The number of aromatic nitrogens is 1. The fourth-order valence-corrected chi connectivity index (χ4v) is 3.70. The van der Waals surface area contributed by atoms with Gasteiger partial charge in [-0.1, -0.05) is 18.2 Å². The Morgan fingerprint density at radius 1 is 1.34 bits per heavy atom. The molecule has 0 aliphatic rings. The third kappa shape index (κ3) is 6.73. The van der Waals surface area contributed by atoms with Crippen molar-refractivity contribution in [2.45, 2.75) is 19.0 Å². The van der Waals surface area contributed by atoms with Crippen molar-refractivity contribution < 1.29 is 14.3 Å². The number of aromatic amines is 1. The van der Waals surface area contributed by atoms with Crippen molar-refractivity contribution in [3.05, 3.63) is 46.2 Å². The van der Waals surface area contributed by atoms with Gasteiger partial charge in [-0.3, -0.25) is 4.79 Å². The van der Waals surface area contributed by atoms with Crippen LogP contribution in [-0.4, -0.2) is 66.4 Å². The van der Waals surface area contributed by atoms with Crippen molar-refractivity contribution in [2.75, 3.05) is 39.4 Å². The number of para-hydroxylation sites is 1. The number of H-pyrrole nitrogens is 1. The third-order valence-electron chi connectivity index (χ3n) is 4.44. The molecule has 158 valence electrons. The van der Waals surface area contributed by atoms with E-state index in [0.717, 1.165) is 22.2 Å². The number of hydrogen-bond acceptors (Lipinski definition) is 6. The molecule has 1 aromatic carbocycles. The average Bonchev–Trinajstić information content (AvgIpc) is 2.72. The van der Waals surface area contributed by atoms with Gasteiger partial charge in [-0.15, -0.1) is 0 Å². The summed E-state index contributed by atoms with van der Waals surface area (Å²) in [6, 6.07) is 8.68. The Hall–Kier alpha value is -2.10. The van der Waals surface area contributed by atoms with Gasteiger partial charge >= 0.3 is 5.97 Å². The largest absolute Gasteiger partial charge is 0.467 e. The minimum absolute atomic E-state index is 0.170. The molecular formula is C20H27N3O4S2. The minimum atomic E-state index is -0.527. The average molecular weight is 438 g/mol. The van der Waals surface area contributed by atoms with Gasteiger partial charge in [0.05, 0.1) is 13.7 Å². The molecule has 1 aromatic heterocycles. The lowest BCUT2D eigenvalue weighted by atomic mass is 10.1. The molecule has 0 amide bonds. The van der Waals surface area contributed by atoms with Gasteiger partial charge in [0.2, 0.25) is 5.56 Å². The Bertz CT molecular complexity index is 887. The first-order valence-electron chi connectivity index (χ1n) is 9.22. The van der Waals surface area contributed by atoms with Gasteiger partial charge in [0.25, 0.3) is 0 Å². The lowest BCUT2D eigenvalue weighted by molar-refractivity contribution is -0.142. The molecule has 1 heterocycles. The monoisotopic (exact) mass is 437 g/mol. The van der Waals surface area contributed by atoms with Gasteiger partial charge in [0.15, 0.2) is 5.11 Å². The zero-order valence-corrected chi connectivity index (χ0v) is 18.5. The number of ether oxygens (including phenoxy) is 2. The van der Waals surface area contributed by atoms with Crippen molar-refractivity contribution in [2.24, 2.45) is 0 Å². The second-order valence-corrected chi connectivity index (χ2v) is 7.80. The van der Waals surface area contributed by atoms with Crippen LogP contribution < -0.4 is 10.9 Å². The van der Waals surface area contributed by atoms with Crippen LogP contribution in [0.1, 0.15) is 12.0 Å². The molecule has 0 saturated heterocycles. The van der Waals surface area contributed by atoms with E-state index in [2.05, 4.69) is 10.3 Å². The van der Waals surface area contributed by atoms with Gasteiger partial charge < -0.3 is 24.7 Å². The van der Waals surface area contributed by atoms with E-state index in [1.165, 1.54) is 7.11 Å². The molecule has 2 rings (SSSR count). The summed E-state index contributed by atoms with van der Waals surface area (Å²) in [6.07, 6.45) is 2.58. The number of hydrogen-bond donors (Lipinski definition) is 2. The summed E-state index contributed by atoms with van der Waals surface area (Å²) in [4.78, 5) is 28.9. The van der Waals surface area contributed by atoms with E-state index in [9.17, 15) is 9.59 Å². The molecule has 0 aliphatic heterocycles. The molecule has 0 spiro atoms. The molecule has 2 N–H and O–H groups in total. The second-order valence-electron chi connectivity index (χ2n) is 6.43. The van der Waals surface area contributed by atoms with Crippen LogP contribution in [0.2, 0.25) is 0 Å². The first-order valence-corrected chi connectivity index (χ1v) is 11.0. The van der Waals surface area contributed by atoms with Crippen LogP contribution in [0.4, 0.5) is 0 Å². The summed E-state index contributed by atoms with van der Waals surface area (Å²) in [7, 11) is 2.98. The predicted octanol–water partition coefficient (Wildman–Crippen LogP) is 2.15. The molecule has 0 fully saturated rings. The van der Waals surface area contributed by atoms with Crippen molar-refractivity contribution in [3.8, 4) is 0 Å². The van der Waals surface area contributed by atoms with Crippen LogP contribution in [0.5, 0.6) is 0 Å². The highest BCUT2D eigenvalue weighted by molar-refractivity contribution is 7.98. The van der Waals surface area contributed by atoms with Gasteiger partial charge in [-0.05, 0) is 42.3 Å². The van der Waals surface area contributed by atoms with E-state index >= 15 is 0 Å². The molecule has 29 heavy (non-hydrogen) atoms. The Labute approximate surface area is 180 Å². The van der Waals surface area contributed by atoms with Crippen LogP contribution in [-0.2, 0) is 20.8 Å². The molecule has 0 bridgehead atoms. The number of pyridine rings is 1. The van der Waals surface area contributed by atoms with Gasteiger partial charge in [0, 0.05) is 37.2 Å². The quantitative estimate of drug-likeness (QED) is 0.432. The number of benzene rings is 1. The molecular weight excluding hydrogens is 410 g/mol. The van der Waals surface area contributed by atoms with Gasteiger partial charge in [-0.25, -0.2) is 4.79 Å². The fraction of sp³-hybridized carbons (Fsp3) is 0.450. The zero-order valence-electron chi connectivity index (χ0n) is 16.9. The topological polar surface area (TPSA) is 83.7 Å². The summed E-state index contributed by atoms with van der Waals surface area (Å²) in [5, 5.41) is 4.49. The molecule has 0 radical (unpaired) electrons. The standard InChI is InChI=1S/C20H27N3O4S2/c1-26-10-9-23(20(28)22-17(8-11-29-3)19(25)27-2)13-14-12-18(24)21-16-7-5-4-6-15(14)16/h4-7,12,17H,8-11,13H2,1-3H3,(H,21,24)(H,22,28). The molecule has 2 aromatic rings. The first kappa shape index (κ1) is 23.2. The molecule has 1 unspecified atom stereocenters. The molecule has 1 atom stereocenters. The number of nitrogens with one attached hydrogen (secondary N) is 2. The summed E-state index contributed by atoms with van der Waals surface area (Å²) in [5.41, 5.74) is 1.45. The van der Waals surface area contributed by atoms with E-state index < -0.39 is 6.04 Å². The highest BCUT2D eigenvalue weighted by Crippen LogP contribution is 2.17. The SMILES string of the molecule is COCCN(Cc1cc(=O)[nH]c2ccccc12)C(=S)NC(CCSC)C(=O)OC. The summed E-state index contributed by atoms with van der Waals surface area (Å²) < 4.78 is 10.1. The number of carbonyl (C=O) groups excluding carboxylic acids is 1. The van der Waals surface area contributed by atoms with Gasteiger partial charge in [0.1, 0.15) is 6.04 Å². The van der Waals surface area contributed by atoms with Crippen molar-refractivity contribution in [1.29, 1.82) is 0 Å². The van der Waals surface area contributed by atoms with Crippen molar-refractivity contribution in [3.63, 3.8) is 0 Å². The van der Waals surface area contributed by atoms with E-state index in [-0.39, 0.29) is 11.5 Å². The fourth-order valence-electron chi connectivity index (χ4n) is 2.93.